The number of phenolic OH excluding ortho intramolecular Hbond substituents is 1. The minimum Gasteiger partial charge on any atom is -0.508 e. The maximum absolute atomic E-state index is 12.6. The standard InChI is InChI=1S/C16H12O4/c17-12-6-5-10-2-1-9-3-4-11(16(19)20)7-13(9)15(18)14(10)8-12/h3-8,17H,1-2H2,(H,19,20). The van der Waals surface area contributed by atoms with Gasteiger partial charge in [0.05, 0.1) is 5.56 Å². The van der Waals surface area contributed by atoms with E-state index < -0.39 is 5.97 Å². The summed E-state index contributed by atoms with van der Waals surface area (Å²) >= 11 is 0. The molecule has 1 aliphatic rings. The predicted octanol–water partition coefficient (Wildman–Crippen LogP) is 2.42. The van der Waals surface area contributed by atoms with E-state index in [4.69, 9.17) is 5.11 Å². The summed E-state index contributed by atoms with van der Waals surface area (Å²) in [5.41, 5.74) is 2.68. The molecule has 100 valence electrons. The van der Waals surface area contributed by atoms with Gasteiger partial charge in [-0.3, -0.25) is 4.79 Å². The first-order valence-corrected chi connectivity index (χ1v) is 6.29. The molecular weight excluding hydrogens is 256 g/mol. The molecule has 0 radical (unpaired) electrons. The highest BCUT2D eigenvalue weighted by atomic mass is 16.4. The normalized spacial score (nSPS) is 13.3. The van der Waals surface area contributed by atoms with E-state index >= 15 is 0 Å². The van der Waals surface area contributed by atoms with Crippen LogP contribution < -0.4 is 0 Å². The fraction of sp³-hybridized carbons (Fsp3) is 0.125. The first-order chi connectivity index (χ1) is 9.56. The topological polar surface area (TPSA) is 74.6 Å². The zero-order valence-electron chi connectivity index (χ0n) is 10.6. The lowest BCUT2D eigenvalue weighted by molar-refractivity contribution is 0.0697. The summed E-state index contributed by atoms with van der Waals surface area (Å²) in [7, 11) is 0. The number of benzene rings is 2. The van der Waals surface area contributed by atoms with E-state index in [-0.39, 0.29) is 17.1 Å². The second-order valence-corrected chi connectivity index (χ2v) is 4.85. The Bertz CT molecular complexity index is 731. The number of fused-ring (bicyclic) bond motifs is 2. The van der Waals surface area contributed by atoms with Crippen LogP contribution in [-0.2, 0) is 12.8 Å². The lowest BCUT2D eigenvalue weighted by Crippen LogP contribution is -2.07. The Morgan fingerprint density at radius 1 is 0.950 bits per heavy atom. The Kier molecular flexibility index (Phi) is 2.79. The zero-order chi connectivity index (χ0) is 14.3. The van der Waals surface area contributed by atoms with Crippen molar-refractivity contribution < 1.29 is 19.8 Å². The number of aromatic carboxylic acids is 1. The van der Waals surface area contributed by atoms with Crippen molar-refractivity contribution in [1.29, 1.82) is 0 Å². The quantitative estimate of drug-likeness (QED) is 0.833. The van der Waals surface area contributed by atoms with Gasteiger partial charge in [-0.1, -0.05) is 12.1 Å². The number of carboxylic acids is 1. The highest BCUT2D eigenvalue weighted by molar-refractivity contribution is 6.12. The fourth-order valence-corrected chi connectivity index (χ4v) is 2.55. The third-order valence-electron chi connectivity index (χ3n) is 3.60. The van der Waals surface area contributed by atoms with E-state index in [1.54, 1.807) is 18.2 Å². The van der Waals surface area contributed by atoms with Gasteiger partial charge in [-0.15, -0.1) is 0 Å². The van der Waals surface area contributed by atoms with Crippen LogP contribution in [0.25, 0.3) is 0 Å². The number of carbonyl (C=O) groups is 2. The smallest absolute Gasteiger partial charge is 0.335 e. The second-order valence-electron chi connectivity index (χ2n) is 4.85. The molecular formula is C16H12O4. The lowest BCUT2D eigenvalue weighted by Gasteiger charge is -2.06. The number of carboxylic acid groups (broad SMARTS) is 1. The molecule has 2 aromatic rings. The van der Waals surface area contributed by atoms with Crippen molar-refractivity contribution in [2.45, 2.75) is 12.8 Å². The molecule has 20 heavy (non-hydrogen) atoms. The average Bonchev–Trinajstić information content (AvgIpc) is 2.57. The highest BCUT2D eigenvalue weighted by Gasteiger charge is 2.22. The molecule has 0 heterocycles. The molecule has 0 spiro atoms. The fourth-order valence-electron chi connectivity index (χ4n) is 2.55. The number of hydrogen-bond acceptors (Lipinski definition) is 3. The van der Waals surface area contributed by atoms with Crippen molar-refractivity contribution in [2.75, 3.05) is 0 Å². The minimum absolute atomic E-state index is 0.0370. The molecule has 0 unspecified atom stereocenters. The molecule has 2 N–H and O–H groups in total. The van der Waals surface area contributed by atoms with Crippen LogP contribution in [0.4, 0.5) is 0 Å². The van der Waals surface area contributed by atoms with Crippen molar-refractivity contribution in [3.05, 3.63) is 64.2 Å². The van der Waals surface area contributed by atoms with Crippen LogP contribution in [0.3, 0.4) is 0 Å². The zero-order valence-corrected chi connectivity index (χ0v) is 10.6. The van der Waals surface area contributed by atoms with E-state index in [9.17, 15) is 14.7 Å². The van der Waals surface area contributed by atoms with Gasteiger partial charge in [0.15, 0.2) is 5.78 Å². The Hall–Kier alpha value is -2.62. The third kappa shape index (κ3) is 1.95. The molecule has 0 atom stereocenters. The summed E-state index contributed by atoms with van der Waals surface area (Å²) < 4.78 is 0. The van der Waals surface area contributed by atoms with Crippen molar-refractivity contribution >= 4 is 11.8 Å². The summed E-state index contributed by atoms with van der Waals surface area (Å²) in [6, 6.07) is 9.38. The number of carbonyl (C=O) groups excluding carboxylic acids is 1. The molecule has 0 fully saturated rings. The molecule has 0 saturated carbocycles. The molecule has 1 aliphatic carbocycles. The van der Waals surface area contributed by atoms with Gasteiger partial charge in [-0.25, -0.2) is 4.79 Å². The van der Waals surface area contributed by atoms with Crippen LogP contribution in [-0.4, -0.2) is 22.0 Å². The Morgan fingerprint density at radius 2 is 1.55 bits per heavy atom. The van der Waals surface area contributed by atoms with Crippen molar-refractivity contribution in [1.82, 2.24) is 0 Å². The van der Waals surface area contributed by atoms with Gasteiger partial charge in [-0.05, 0) is 48.2 Å². The van der Waals surface area contributed by atoms with E-state index in [0.717, 1.165) is 11.1 Å². The molecule has 3 rings (SSSR count). The maximum Gasteiger partial charge on any atom is 0.335 e. The van der Waals surface area contributed by atoms with E-state index in [2.05, 4.69) is 0 Å². The average molecular weight is 268 g/mol. The van der Waals surface area contributed by atoms with E-state index in [1.165, 1.54) is 18.2 Å². The monoisotopic (exact) mass is 268 g/mol. The van der Waals surface area contributed by atoms with Crippen LogP contribution in [0.2, 0.25) is 0 Å². The van der Waals surface area contributed by atoms with Gasteiger partial charge in [0, 0.05) is 11.1 Å². The molecule has 4 nitrogen and oxygen atoms in total. The number of aromatic hydroxyl groups is 1. The van der Waals surface area contributed by atoms with Gasteiger partial charge in [0.2, 0.25) is 0 Å². The number of phenols is 1. The van der Waals surface area contributed by atoms with Crippen molar-refractivity contribution in [2.24, 2.45) is 0 Å². The Balaban J connectivity index is 2.19. The second kappa shape index (κ2) is 4.49. The van der Waals surface area contributed by atoms with Crippen LogP contribution in [0.5, 0.6) is 5.75 Å². The third-order valence-corrected chi connectivity index (χ3v) is 3.60. The number of rotatable bonds is 1. The molecule has 2 aromatic carbocycles. The predicted molar refractivity (Wildman–Crippen MR) is 72.3 cm³/mol. The number of ketones is 1. The van der Waals surface area contributed by atoms with E-state index in [1.807, 2.05) is 0 Å². The van der Waals surface area contributed by atoms with Gasteiger partial charge < -0.3 is 10.2 Å². The van der Waals surface area contributed by atoms with Crippen LogP contribution in [0, 0.1) is 0 Å². The van der Waals surface area contributed by atoms with Gasteiger partial charge in [-0.2, -0.15) is 0 Å². The summed E-state index contributed by atoms with van der Waals surface area (Å²) in [5.74, 6) is -1.25. The summed E-state index contributed by atoms with van der Waals surface area (Å²) in [4.78, 5) is 23.6. The first kappa shape index (κ1) is 12.4. The molecule has 4 heteroatoms. The molecule has 0 saturated heterocycles. The minimum atomic E-state index is -1.05. The van der Waals surface area contributed by atoms with Crippen molar-refractivity contribution in [3.63, 3.8) is 0 Å². The van der Waals surface area contributed by atoms with Crippen LogP contribution >= 0.6 is 0 Å². The SMILES string of the molecule is O=C(O)c1ccc2c(c1)C(=O)c1cc(O)ccc1CC2. The summed E-state index contributed by atoms with van der Waals surface area (Å²) in [6.07, 6.45) is 1.37. The molecule has 0 bridgehead atoms. The maximum atomic E-state index is 12.6. The van der Waals surface area contributed by atoms with Crippen LogP contribution in [0.15, 0.2) is 36.4 Å². The van der Waals surface area contributed by atoms with Crippen molar-refractivity contribution in [3.8, 4) is 5.75 Å². The van der Waals surface area contributed by atoms with Gasteiger partial charge >= 0.3 is 5.97 Å². The molecule has 0 amide bonds. The Labute approximate surface area is 115 Å². The van der Waals surface area contributed by atoms with E-state index in [0.29, 0.717) is 24.0 Å². The first-order valence-electron chi connectivity index (χ1n) is 6.29. The summed E-state index contributed by atoms with van der Waals surface area (Å²) in [6.45, 7) is 0. The number of hydrogen-bond donors (Lipinski definition) is 2. The van der Waals surface area contributed by atoms with Gasteiger partial charge in [0.1, 0.15) is 5.75 Å². The highest BCUT2D eigenvalue weighted by Crippen LogP contribution is 2.27. The summed E-state index contributed by atoms with van der Waals surface area (Å²) in [5, 5.41) is 18.6. The molecule has 0 aliphatic heterocycles. The van der Waals surface area contributed by atoms with Gasteiger partial charge in [0.25, 0.3) is 0 Å². The lowest BCUT2D eigenvalue weighted by atomic mass is 9.97. The largest absolute Gasteiger partial charge is 0.508 e. The Morgan fingerprint density at radius 3 is 2.20 bits per heavy atom. The number of aryl methyl sites for hydroxylation is 2. The van der Waals surface area contributed by atoms with Crippen LogP contribution in [0.1, 0.15) is 37.4 Å². The molecule has 0 aromatic heterocycles.